The maximum atomic E-state index is 5.83. The fraction of sp³-hybridized carbons (Fsp3) is 1.00. The number of hydrogen-bond donors (Lipinski definition) is 0. The third kappa shape index (κ3) is 15.5. The second-order valence-corrected chi connectivity index (χ2v) is 9.88. The summed E-state index contributed by atoms with van der Waals surface area (Å²) in [7, 11) is -0.592. The first-order valence-electron chi connectivity index (χ1n) is 9.74. The molecule has 0 atom stereocenters. The molecule has 4 nitrogen and oxygen atoms in total. The molecule has 0 fully saturated rings. The Morgan fingerprint density at radius 1 is 0.565 bits per heavy atom. The Kier molecular flexibility index (Phi) is 18.8. The predicted octanol–water partition coefficient (Wildman–Crippen LogP) is 2.82. The van der Waals surface area contributed by atoms with Gasteiger partial charge in [0.25, 0.3) is 0 Å². The molecule has 0 unspecified atom stereocenters. The van der Waals surface area contributed by atoms with Crippen molar-refractivity contribution in [1.29, 1.82) is 0 Å². The Bertz CT molecular complexity index is 195. The summed E-state index contributed by atoms with van der Waals surface area (Å²) >= 11 is 0. The van der Waals surface area contributed by atoms with Gasteiger partial charge in [-0.1, -0.05) is 46.2 Å². The van der Waals surface area contributed by atoms with Crippen LogP contribution in [0, 0.1) is 0 Å². The summed E-state index contributed by atoms with van der Waals surface area (Å²) < 4.78 is 23.3. The molecule has 0 aliphatic heterocycles. The van der Waals surface area contributed by atoms with E-state index in [1.165, 1.54) is 18.5 Å². The van der Waals surface area contributed by atoms with Crippen LogP contribution in [0.5, 0.6) is 0 Å². The molecule has 0 heterocycles. The van der Waals surface area contributed by atoms with Crippen molar-refractivity contribution in [3.8, 4) is 0 Å². The molecule has 0 aliphatic rings. The van der Waals surface area contributed by atoms with Crippen LogP contribution >= 0.6 is 0 Å². The minimum Gasteiger partial charge on any atom is -0.357 e. The van der Waals surface area contributed by atoms with E-state index >= 15 is 0 Å². The molecule has 0 aromatic carbocycles. The minimum absolute atomic E-state index is 0.125. The van der Waals surface area contributed by atoms with Crippen molar-refractivity contribution >= 4 is 19.0 Å². The summed E-state index contributed by atoms with van der Waals surface area (Å²) in [4.78, 5) is 0. The van der Waals surface area contributed by atoms with Crippen LogP contribution in [-0.4, -0.2) is 57.3 Å². The Morgan fingerprint density at radius 3 is 1.13 bits per heavy atom. The third-order valence-corrected chi connectivity index (χ3v) is 7.11. The highest BCUT2D eigenvalue weighted by molar-refractivity contribution is 6.38. The highest BCUT2D eigenvalue weighted by Gasteiger charge is 2.11. The van der Waals surface area contributed by atoms with E-state index in [0.717, 1.165) is 52.1 Å². The van der Waals surface area contributed by atoms with E-state index in [-0.39, 0.29) is 30.9 Å². The molecule has 0 amide bonds. The summed E-state index contributed by atoms with van der Waals surface area (Å²) in [5, 5.41) is 0. The summed E-state index contributed by atoms with van der Waals surface area (Å²) in [5.74, 6) is 0.250. The van der Waals surface area contributed by atoms with Crippen molar-refractivity contribution in [1.82, 2.24) is 0 Å². The molecule has 6 heteroatoms. The van der Waals surface area contributed by atoms with Gasteiger partial charge >= 0.3 is 0 Å². The van der Waals surface area contributed by atoms with E-state index < -0.39 is 0 Å². The van der Waals surface area contributed by atoms with E-state index in [4.69, 9.17) is 18.9 Å². The molecular weight excluding hydrogens is 324 g/mol. The molecule has 0 saturated carbocycles. The van der Waals surface area contributed by atoms with Crippen LogP contribution in [0.4, 0.5) is 0 Å². The van der Waals surface area contributed by atoms with Gasteiger partial charge in [0.15, 0.2) is 0 Å². The Morgan fingerprint density at radius 2 is 0.870 bits per heavy atom. The van der Waals surface area contributed by atoms with Gasteiger partial charge in [-0.15, -0.1) is 0 Å². The topological polar surface area (TPSA) is 36.9 Å². The van der Waals surface area contributed by atoms with Gasteiger partial charge in [0.05, 0.1) is 19.0 Å². The smallest absolute Gasteiger partial charge is 0.134 e. The van der Waals surface area contributed by atoms with Crippen LogP contribution in [0.25, 0.3) is 0 Å². The average molecular weight is 365 g/mol. The van der Waals surface area contributed by atoms with Gasteiger partial charge in [0.1, 0.15) is 11.8 Å². The maximum Gasteiger partial charge on any atom is 0.134 e. The highest BCUT2D eigenvalue weighted by Crippen LogP contribution is 2.06. The van der Waals surface area contributed by atoms with Crippen molar-refractivity contribution in [2.24, 2.45) is 0 Å². The molecule has 0 aromatic heterocycles. The molecule has 0 N–H and O–H groups in total. The van der Waals surface area contributed by atoms with Gasteiger partial charge in [0, 0.05) is 26.4 Å². The van der Waals surface area contributed by atoms with Crippen molar-refractivity contribution in [2.45, 2.75) is 83.7 Å². The van der Waals surface area contributed by atoms with Gasteiger partial charge < -0.3 is 18.9 Å². The lowest BCUT2D eigenvalue weighted by Crippen LogP contribution is -2.27. The van der Waals surface area contributed by atoms with Gasteiger partial charge in [-0.2, -0.15) is 0 Å². The minimum atomic E-state index is -0.296. The zero-order chi connectivity index (χ0) is 17.2. The van der Waals surface area contributed by atoms with Crippen LogP contribution in [0.3, 0.4) is 0 Å². The molecule has 0 spiro atoms. The van der Waals surface area contributed by atoms with E-state index in [9.17, 15) is 0 Å². The standard InChI is InChI=1S/C17H40O4Si2/c1-5-10-18-16(19-11-6-2)22-14-9-15-23-17(20-12-7-3)21-13-8-4/h16-17H,5-15,22-23H2,1-4H3. The molecule has 0 rings (SSSR count). The van der Waals surface area contributed by atoms with Crippen LogP contribution in [0.1, 0.15) is 59.8 Å². The Hall–Kier alpha value is 0.274. The fourth-order valence-corrected chi connectivity index (χ4v) is 6.22. The molecule has 0 aromatic rings. The van der Waals surface area contributed by atoms with Crippen molar-refractivity contribution in [3.05, 3.63) is 0 Å². The Balaban J connectivity index is 3.81. The first-order valence-corrected chi connectivity index (χ1v) is 13.4. The predicted molar refractivity (Wildman–Crippen MR) is 104 cm³/mol. The van der Waals surface area contributed by atoms with Gasteiger partial charge in [-0.3, -0.25) is 0 Å². The summed E-state index contributed by atoms with van der Waals surface area (Å²) in [6.45, 7) is 11.9. The zero-order valence-electron chi connectivity index (χ0n) is 16.0. The lowest BCUT2D eigenvalue weighted by Gasteiger charge is -2.19. The lowest BCUT2D eigenvalue weighted by atomic mass is 10.5. The second-order valence-electron chi connectivity index (χ2n) is 5.98. The monoisotopic (exact) mass is 364 g/mol. The molecule has 0 aliphatic carbocycles. The number of rotatable bonds is 18. The Labute approximate surface area is 148 Å². The highest BCUT2D eigenvalue weighted by atomic mass is 28.2. The van der Waals surface area contributed by atoms with Crippen LogP contribution in [0.15, 0.2) is 0 Å². The van der Waals surface area contributed by atoms with Gasteiger partial charge in [-0.25, -0.2) is 0 Å². The molecular formula is C17H40O4Si2. The summed E-state index contributed by atoms with van der Waals surface area (Å²) in [6.07, 6.45) is 5.56. The van der Waals surface area contributed by atoms with Gasteiger partial charge in [0.2, 0.25) is 0 Å². The van der Waals surface area contributed by atoms with Crippen molar-refractivity contribution in [3.63, 3.8) is 0 Å². The summed E-state index contributed by atoms with van der Waals surface area (Å²) in [6, 6.07) is 2.61. The van der Waals surface area contributed by atoms with E-state index in [2.05, 4.69) is 27.7 Å². The quantitative estimate of drug-likeness (QED) is 0.213. The molecule has 0 saturated heterocycles. The molecule has 0 bridgehead atoms. The lowest BCUT2D eigenvalue weighted by molar-refractivity contribution is -0.0907. The van der Waals surface area contributed by atoms with Crippen LogP contribution in [0.2, 0.25) is 12.1 Å². The first-order chi connectivity index (χ1) is 11.3. The van der Waals surface area contributed by atoms with Crippen LogP contribution in [-0.2, 0) is 18.9 Å². The molecule has 140 valence electrons. The van der Waals surface area contributed by atoms with E-state index in [1.54, 1.807) is 0 Å². The first kappa shape index (κ1) is 23.3. The van der Waals surface area contributed by atoms with Crippen LogP contribution < -0.4 is 0 Å². The SMILES string of the molecule is CCCOC(OCCC)[SiH2]CCC[SiH2]C(OCCC)OCCC. The van der Waals surface area contributed by atoms with E-state index in [0.29, 0.717) is 0 Å². The average Bonchev–Trinajstić information content (AvgIpc) is 2.57. The molecule has 23 heavy (non-hydrogen) atoms. The largest absolute Gasteiger partial charge is 0.357 e. The maximum absolute atomic E-state index is 5.83. The zero-order valence-corrected chi connectivity index (χ0v) is 18.8. The molecule has 0 radical (unpaired) electrons. The van der Waals surface area contributed by atoms with E-state index in [1.807, 2.05) is 0 Å². The second kappa shape index (κ2) is 18.6. The van der Waals surface area contributed by atoms with Gasteiger partial charge in [-0.05, 0) is 25.7 Å². The summed E-state index contributed by atoms with van der Waals surface area (Å²) in [5.41, 5.74) is 0. The third-order valence-electron chi connectivity index (χ3n) is 3.41. The van der Waals surface area contributed by atoms with Crippen molar-refractivity contribution < 1.29 is 18.9 Å². The number of ether oxygens (including phenoxy) is 4. The fourth-order valence-electron chi connectivity index (χ4n) is 2.23. The normalized spacial score (nSPS) is 12.8. The van der Waals surface area contributed by atoms with Crippen molar-refractivity contribution in [2.75, 3.05) is 26.4 Å². The number of hydrogen-bond acceptors (Lipinski definition) is 4.